The summed E-state index contributed by atoms with van der Waals surface area (Å²) in [5.41, 5.74) is 6.67. The maximum atomic E-state index is 2.66. The summed E-state index contributed by atoms with van der Waals surface area (Å²) in [4.78, 5) is 0. The van der Waals surface area contributed by atoms with Crippen molar-refractivity contribution in [1.29, 1.82) is 0 Å². The monoisotopic (exact) mass is 563 g/mol. The van der Waals surface area contributed by atoms with Crippen molar-refractivity contribution in [3.63, 3.8) is 0 Å². The minimum atomic E-state index is -1.64. The van der Waals surface area contributed by atoms with Gasteiger partial charge in [-0.1, -0.05) is 0 Å². The Labute approximate surface area is 217 Å². The molecule has 173 valence electrons. The van der Waals surface area contributed by atoms with Crippen LogP contribution in [0, 0.1) is 11.8 Å². The summed E-state index contributed by atoms with van der Waals surface area (Å²) >= 11 is -1.64. The number of hydrogen-bond donors (Lipinski definition) is 0. The summed E-state index contributed by atoms with van der Waals surface area (Å²) in [6.07, 6.45) is 15.0. The van der Waals surface area contributed by atoms with Gasteiger partial charge in [0.05, 0.1) is 0 Å². The van der Waals surface area contributed by atoms with Crippen molar-refractivity contribution in [2.24, 2.45) is 11.8 Å². The van der Waals surface area contributed by atoms with Crippen LogP contribution in [-0.4, -0.2) is 5.92 Å². The predicted molar refractivity (Wildman–Crippen MR) is 131 cm³/mol. The second-order valence-electron chi connectivity index (χ2n) is 11.1. The van der Waals surface area contributed by atoms with Gasteiger partial charge in [0.15, 0.2) is 0 Å². The first kappa shape index (κ1) is 28.1. The third-order valence-corrected chi connectivity index (χ3v) is 29.3. The quantitative estimate of drug-likeness (QED) is 0.489. The average Bonchev–Trinajstić information content (AvgIpc) is 3.25. The van der Waals surface area contributed by atoms with Gasteiger partial charge in [-0.15, -0.1) is 0 Å². The molecule has 0 bridgehead atoms. The molecule has 1 fully saturated rings. The second-order valence-corrected chi connectivity index (χ2v) is 30.9. The maximum Gasteiger partial charge on any atom is -1.00 e. The van der Waals surface area contributed by atoms with Crippen LogP contribution in [0.5, 0.6) is 0 Å². The first-order valence-corrected chi connectivity index (χ1v) is 21.7. The first-order chi connectivity index (χ1) is 14.2. The van der Waals surface area contributed by atoms with Gasteiger partial charge in [-0.3, -0.25) is 0 Å². The fraction of sp³-hybridized carbons (Fsp3) is 0.500. The van der Waals surface area contributed by atoms with E-state index in [9.17, 15) is 0 Å². The van der Waals surface area contributed by atoms with Gasteiger partial charge in [0.25, 0.3) is 0 Å². The molecule has 1 aromatic rings. The molecule has 4 atom stereocenters. The van der Waals surface area contributed by atoms with E-state index in [-0.39, 0.29) is 30.2 Å². The third-order valence-electron chi connectivity index (χ3n) is 7.66. The minimum absolute atomic E-state index is 0. The van der Waals surface area contributed by atoms with E-state index in [2.05, 4.69) is 102 Å². The molecule has 1 aromatic carbocycles. The molecule has 32 heavy (non-hydrogen) atoms. The molecule has 0 saturated heterocycles. The van der Waals surface area contributed by atoms with Gasteiger partial charge >= 0.3 is 194 Å². The number of hydrogen-bond acceptors (Lipinski definition) is 0. The van der Waals surface area contributed by atoms with Crippen molar-refractivity contribution in [2.75, 3.05) is 0 Å². The molecular formula is C28H39Cl2SiZr. The van der Waals surface area contributed by atoms with E-state index in [1.165, 1.54) is 24.0 Å². The van der Waals surface area contributed by atoms with Crippen molar-refractivity contribution in [3.05, 3.63) is 80.2 Å². The van der Waals surface area contributed by atoms with E-state index in [0.29, 0.717) is 5.92 Å². The Hall–Kier alpha value is -0.140. The van der Waals surface area contributed by atoms with E-state index >= 15 is 0 Å². The molecule has 0 spiro atoms. The Bertz CT molecular complexity index is 918. The Morgan fingerprint density at radius 3 is 2.22 bits per heavy atom. The van der Waals surface area contributed by atoms with Gasteiger partial charge in [0.2, 0.25) is 0 Å². The molecule has 3 aliphatic carbocycles. The van der Waals surface area contributed by atoms with E-state index < -0.39 is 26.8 Å². The second kappa shape index (κ2) is 11.1. The smallest absolute Gasteiger partial charge is 1.00 e. The molecule has 4 rings (SSSR count). The van der Waals surface area contributed by atoms with E-state index in [1.54, 1.807) is 5.57 Å². The number of halogens is 2. The summed E-state index contributed by atoms with van der Waals surface area (Å²) in [5.74, 6) is 1.54. The van der Waals surface area contributed by atoms with Gasteiger partial charge in [0.1, 0.15) is 0 Å². The molecule has 4 heteroatoms. The van der Waals surface area contributed by atoms with E-state index in [4.69, 9.17) is 0 Å². The van der Waals surface area contributed by atoms with Gasteiger partial charge in [0, 0.05) is 0 Å². The molecule has 0 amide bonds. The summed E-state index contributed by atoms with van der Waals surface area (Å²) in [6, 6.07) is 9.58. The zero-order chi connectivity index (χ0) is 21.6. The molecule has 3 aliphatic rings. The van der Waals surface area contributed by atoms with Crippen LogP contribution in [0.4, 0.5) is 0 Å². The topological polar surface area (TPSA) is 0 Å². The van der Waals surface area contributed by atoms with Gasteiger partial charge in [-0.2, -0.15) is 0 Å². The molecular weight excluding hydrogens is 527 g/mol. The Morgan fingerprint density at radius 2 is 1.69 bits per heavy atom. The fourth-order valence-electron chi connectivity index (χ4n) is 6.12. The maximum absolute atomic E-state index is 2.66. The molecule has 0 aliphatic heterocycles. The van der Waals surface area contributed by atoms with Crippen molar-refractivity contribution in [2.45, 2.75) is 75.5 Å². The zero-order valence-electron chi connectivity index (χ0n) is 20.8. The van der Waals surface area contributed by atoms with Crippen LogP contribution in [0.1, 0.15) is 64.5 Å². The van der Waals surface area contributed by atoms with Crippen LogP contribution in [0.25, 0.3) is 0 Å². The normalized spacial score (nSPS) is 26.6. The Morgan fingerprint density at radius 1 is 1.03 bits per heavy atom. The van der Waals surface area contributed by atoms with Gasteiger partial charge in [-0.05, 0) is 0 Å². The Kier molecular flexibility index (Phi) is 9.72. The van der Waals surface area contributed by atoms with Crippen LogP contribution < -0.4 is 24.8 Å². The van der Waals surface area contributed by atoms with Crippen molar-refractivity contribution >= 4 is 5.92 Å². The molecule has 1 saturated carbocycles. The van der Waals surface area contributed by atoms with Crippen LogP contribution in [0.2, 0.25) is 16.7 Å². The molecule has 0 aromatic heterocycles. The van der Waals surface area contributed by atoms with Crippen LogP contribution in [0.3, 0.4) is 0 Å². The van der Waals surface area contributed by atoms with Crippen molar-refractivity contribution < 1.29 is 45.7 Å². The van der Waals surface area contributed by atoms with Crippen LogP contribution in [-0.2, 0) is 26.3 Å². The largest absolute Gasteiger partial charge is 1.00 e. The third kappa shape index (κ3) is 5.40. The first-order valence-electron chi connectivity index (χ1n) is 11.9. The van der Waals surface area contributed by atoms with Crippen molar-refractivity contribution in [1.82, 2.24) is 0 Å². The molecule has 0 nitrogen and oxygen atoms in total. The van der Waals surface area contributed by atoms with E-state index in [0.717, 1.165) is 15.5 Å². The fourth-order valence-corrected chi connectivity index (χ4v) is 29.7. The number of benzene rings is 1. The standard InChI is InChI=1S/C20H25.C6H7.C2H7Si.2ClH.Zr/c1-14-12-16-6-5-7-18(19(16)13-14)15-8-10-17(11-9-15)20(2,3)4;1-6-4-2-3-5-6;1-3-2;;;/h5-12,14,18-19H,13H2,1-4H3;2,4H,3H2,1H3;3H,1-2H3;2*1H;/q;;;;;+2/p-2. The Balaban J connectivity index is 0.00000181. The van der Waals surface area contributed by atoms with E-state index in [1.807, 2.05) is 8.85 Å². The number of rotatable bonds is 4. The average molecular weight is 566 g/mol. The summed E-state index contributed by atoms with van der Waals surface area (Å²) < 4.78 is 2.90. The minimum Gasteiger partial charge on any atom is -1.00 e. The summed E-state index contributed by atoms with van der Waals surface area (Å²) in [6.45, 7) is 17.2. The number of allylic oxidation sites excluding steroid dienone is 8. The summed E-state index contributed by atoms with van der Waals surface area (Å²) in [7, 11) is 0. The van der Waals surface area contributed by atoms with Crippen molar-refractivity contribution in [3.8, 4) is 0 Å². The molecule has 0 N–H and O–H groups in total. The molecule has 0 radical (unpaired) electrons. The molecule has 4 unspecified atom stereocenters. The predicted octanol–water partition coefficient (Wildman–Crippen LogP) is 1.85. The zero-order valence-corrected chi connectivity index (χ0v) is 25.9. The summed E-state index contributed by atoms with van der Waals surface area (Å²) in [5, 5.41) is 0. The SMILES string of the molecule is CC1=[C]([Zr+2]([CH]2C3=CC=CC(c4ccc(C(C)(C)C)cc4)C3CC2C)[SiH](C)C)CC=C1.[Cl-].[Cl-]. The van der Waals surface area contributed by atoms with Crippen LogP contribution >= 0.6 is 0 Å². The molecule has 0 heterocycles. The van der Waals surface area contributed by atoms with Gasteiger partial charge in [-0.25, -0.2) is 0 Å². The van der Waals surface area contributed by atoms with Gasteiger partial charge < -0.3 is 24.8 Å². The number of fused-ring (bicyclic) bond motifs is 1. The van der Waals surface area contributed by atoms with Crippen LogP contribution in [0.15, 0.2) is 69.1 Å².